The smallest absolute Gasteiger partial charge is 0.315 e. The van der Waals surface area contributed by atoms with E-state index in [9.17, 15) is 13.2 Å². The van der Waals surface area contributed by atoms with Gasteiger partial charge in [-0.25, -0.2) is 0 Å². The number of carbonyl (C=O) groups is 1. The minimum absolute atomic E-state index is 0.0434. The molecule has 0 saturated carbocycles. The number of fused-ring (bicyclic) bond motifs is 4. The lowest BCUT2D eigenvalue weighted by molar-refractivity contribution is -0.889. The zero-order valence-corrected chi connectivity index (χ0v) is 19.9. The van der Waals surface area contributed by atoms with Crippen molar-refractivity contribution in [2.75, 3.05) is 25.0 Å². The van der Waals surface area contributed by atoms with Crippen molar-refractivity contribution in [3.05, 3.63) is 57.7 Å². The molecule has 10 heteroatoms. The molecule has 0 bridgehead atoms. The van der Waals surface area contributed by atoms with E-state index < -0.39 is 36.5 Å². The van der Waals surface area contributed by atoms with Gasteiger partial charge in [0.15, 0.2) is 6.54 Å². The first-order valence-electron chi connectivity index (χ1n) is 10.1. The van der Waals surface area contributed by atoms with Crippen LogP contribution in [0.1, 0.15) is 24.2 Å². The summed E-state index contributed by atoms with van der Waals surface area (Å²) in [5.41, 5.74) is 5.66. The lowest BCUT2D eigenvalue weighted by atomic mass is 9.97. The second-order valence-corrected chi connectivity index (χ2v) is 11.6. The number of nitrogens with two attached hydrogens (primary N) is 1. The first kappa shape index (κ1) is 21.0. The summed E-state index contributed by atoms with van der Waals surface area (Å²) in [6.45, 7) is 2.07. The van der Waals surface area contributed by atoms with Crippen LogP contribution in [0.2, 0.25) is 0 Å². The molecule has 1 spiro atoms. The zero-order chi connectivity index (χ0) is 22.1. The largest absolute Gasteiger partial charge is 0.456 e. The minimum atomic E-state index is -3.82. The van der Waals surface area contributed by atoms with Crippen molar-refractivity contribution >= 4 is 44.2 Å². The maximum Gasteiger partial charge on any atom is 0.315 e. The second kappa shape index (κ2) is 6.80. The fraction of sp³-hybridized carbons (Fsp3) is 0.381. The number of hydrogen-bond donors (Lipinski definition) is 2. The van der Waals surface area contributed by atoms with Crippen molar-refractivity contribution in [3.63, 3.8) is 0 Å². The predicted molar refractivity (Wildman–Crippen MR) is 122 cm³/mol. The first-order valence-corrected chi connectivity index (χ1v) is 12.7. The molecule has 5 rings (SSSR count). The van der Waals surface area contributed by atoms with Crippen LogP contribution in [-0.4, -0.2) is 49.4 Å². The summed E-state index contributed by atoms with van der Waals surface area (Å²) in [5, 5.41) is 2.18. The fourth-order valence-corrected chi connectivity index (χ4v) is 8.69. The normalized spacial score (nSPS) is 34.8. The molecule has 2 fully saturated rings. The molecular formula is C21H23IN3O5S+. The summed E-state index contributed by atoms with van der Waals surface area (Å²) in [6, 6.07) is 14.6. The molecular weight excluding hydrogens is 533 g/mol. The maximum absolute atomic E-state index is 13.9. The van der Waals surface area contributed by atoms with Gasteiger partial charge >= 0.3 is 15.9 Å². The number of amides is 1. The third-order valence-corrected chi connectivity index (χ3v) is 10.1. The number of ether oxygens (including phenoxy) is 2. The lowest BCUT2D eigenvalue weighted by Crippen LogP contribution is -2.89. The molecule has 8 nitrogen and oxygen atoms in total. The van der Waals surface area contributed by atoms with E-state index in [-0.39, 0.29) is 19.7 Å². The maximum atomic E-state index is 13.9. The summed E-state index contributed by atoms with van der Waals surface area (Å²) in [5.74, 6) is -1.32. The second-order valence-electron chi connectivity index (χ2n) is 8.18. The van der Waals surface area contributed by atoms with E-state index in [1.807, 2.05) is 31.2 Å². The molecule has 3 N–H and O–H groups in total. The van der Waals surface area contributed by atoms with E-state index in [2.05, 4.69) is 27.9 Å². The van der Waals surface area contributed by atoms with Gasteiger partial charge in [-0.1, -0.05) is 25.1 Å². The number of primary amides is 1. The Morgan fingerprint density at radius 1 is 1.32 bits per heavy atom. The number of nitrogens with zero attached hydrogens (tertiary/aromatic N) is 1. The fourth-order valence-electron chi connectivity index (χ4n) is 5.26. The number of nitrogens with one attached hydrogen (secondary N) is 1. The van der Waals surface area contributed by atoms with Crippen LogP contribution in [0.4, 0.5) is 5.69 Å². The van der Waals surface area contributed by atoms with Crippen LogP contribution in [0.3, 0.4) is 0 Å². The average Bonchev–Trinajstić information content (AvgIpc) is 3.09. The van der Waals surface area contributed by atoms with Crippen molar-refractivity contribution < 1.29 is 26.6 Å². The summed E-state index contributed by atoms with van der Waals surface area (Å²) in [6.07, 6.45) is 0.405. The molecule has 3 aliphatic heterocycles. The van der Waals surface area contributed by atoms with Gasteiger partial charge in [-0.3, -0.25) is 4.79 Å². The standard InChI is InChI=1S/C21H22IN3O5S/c1-2-20(30-15-6-4-3-5-7-15)13-25(10-11-29-20)21(19(23)26)18(31(25,27)28)16-12-14(22)8-9-17(16)24-21/h3-9,12,18,24H,2,10-11,13H2,1H3,(H-,23,26)/p+1/t18?,20?,21?,25-/m0/s1. The highest BCUT2D eigenvalue weighted by Crippen LogP contribution is 2.63. The molecule has 31 heavy (non-hydrogen) atoms. The van der Waals surface area contributed by atoms with Gasteiger partial charge in [-0.2, -0.15) is 12.3 Å². The molecule has 3 aliphatic rings. The van der Waals surface area contributed by atoms with Crippen molar-refractivity contribution in [2.24, 2.45) is 5.73 Å². The Morgan fingerprint density at radius 3 is 2.74 bits per heavy atom. The Hall–Kier alpha value is -1.89. The van der Waals surface area contributed by atoms with E-state index in [0.29, 0.717) is 23.4 Å². The average molecular weight is 556 g/mol. The molecule has 1 amide bonds. The summed E-state index contributed by atoms with van der Waals surface area (Å²) >= 11 is 2.13. The number of anilines is 1. The highest BCUT2D eigenvalue weighted by Gasteiger charge is 2.87. The Bertz CT molecular complexity index is 1180. The number of hydrogen-bond acceptors (Lipinski definition) is 6. The van der Waals surface area contributed by atoms with Crippen molar-refractivity contribution in [2.45, 2.75) is 30.0 Å². The predicted octanol–water partition coefficient (Wildman–Crippen LogP) is 2.32. The lowest BCUT2D eigenvalue weighted by Gasteiger charge is -2.61. The van der Waals surface area contributed by atoms with Crippen molar-refractivity contribution in [3.8, 4) is 5.75 Å². The molecule has 0 radical (unpaired) electrons. The molecule has 2 aromatic rings. The number of sulfonamides is 1. The SMILES string of the molecule is CCC1(Oc2ccccc2)C[N@@+]2(CCO1)C1(C(N)=O)Nc3ccc(I)cc3C1S2(=O)=O. The molecule has 4 atom stereocenters. The molecule has 164 valence electrons. The Balaban J connectivity index is 1.62. The van der Waals surface area contributed by atoms with Gasteiger partial charge in [0.25, 0.3) is 11.4 Å². The van der Waals surface area contributed by atoms with E-state index in [4.69, 9.17) is 15.2 Å². The summed E-state index contributed by atoms with van der Waals surface area (Å²) in [4.78, 5) is 13.0. The molecule has 0 aliphatic carbocycles. The summed E-state index contributed by atoms with van der Waals surface area (Å²) < 4.78 is 40.3. The molecule has 0 aromatic heterocycles. The zero-order valence-electron chi connectivity index (χ0n) is 16.9. The van der Waals surface area contributed by atoms with Crippen LogP contribution in [-0.2, 0) is 19.6 Å². The number of para-hydroxylation sites is 1. The van der Waals surface area contributed by atoms with Crippen LogP contribution in [0, 0.1) is 3.57 Å². The van der Waals surface area contributed by atoms with Gasteiger partial charge in [0.2, 0.25) is 5.25 Å². The van der Waals surface area contributed by atoms with Crippen LogP contribution < -0.4 is 15.8 Å². The third kappa shape index (κ3) is 2.58. The van der Waals surface area contributed by atoms with E-state index in [1.54, 1.807) is 24.3 Å². The third-order valence-electron chi connectivity index (χ3n) is 6.70. The van der Waals surface area contributed by atoms with E-state index in [1.165, 1.54) is 0 Å². The van der Waals surface area contributed by atoms with Crippen molar-refractivity contribution in [1.82, 2.24) is 0 Å². The number of rotatable bonds is 4. The quantitative estimate of drug-likeness (QED) is 0.443. The van der Waals surface area contributed by atoms with Gasteiger partial charge in [0.1, 0.15) is 18.9 Å². The van der Waals surface area contributed by atoms with Crippen LogP contribution in [0.15, 0.2) is 48.5 Å². The van der Waals surface area contributed by atoms with Crippen LogP contribution in [0.25, 0.3) is 0 Å². The minimum Gasteiger partial charge on any atom is -0.456 e. The Kier molecular flexibility index (Phi) is 4.60. The van der Waals surface area contributed by atoms with Crippen molar-refractivity contribution in [1.29, 1.82) is 0 Å². The van der Waals surface area contributed by atoms with Crippen LogP contribution in [0.5, 0.6) is 5.75 Å². The number of quaternary nitrogens is 1. The Morgan fingerprint density at radius 2 is 2.06 bits per heavy atom. The van der Waals surface area contributed by atoms with Gasteiger partial charge in [-0.05, 0) is 52.9 Å². The van der Waals surface area contributed by atoms with Gasteiger partial charge in [0, 0.05) is 21.2 Å². The first-order chi connectivity index (χ1) is 14.7. The van der Waals surface area contributed by atoms with Gasteiger partial charge in [-0.15, -0.1) is 0 Å². The number of morpholine rings is 1. The van der Waals surface area contributed by atoms with Crippen LogP contribution >= 0.6 is 22.6 Å². The Labute approximate surface area is 194 Å². The molecule has 2 aromatic carbocycles. The van der Waals surface area contributed by atoms with Gasteiger partial charge in [0.05, 0.1) is 0 Å². The highest BCUT2D eigenvalue weighted by atomic mass is 127. The highest BCUT2D eigenvalue weighted by molar-refractivity contribution is 14.1. The molecule has 2 saturated heterocycles. The number of benzene rings is 2. The topological polar surface area (TPSA) is 108 Å². The molecule has 3 heterocycles. The van der Waals surface area contributed by atoms with Gasteiger partial charge < -0.3 is 20.5 Å². The number of halogens is 1. The van der Waals surface area contributed by atoms with E-state index >= 15 is 0 Å². The summed E-state index contributed by atoms with van der Waals surface area (Å²) in [7, 11) is -3.82. The monoisotopic (exact) mass is 556 g/mol. The molecule has 3 unspecified atom stereocenters. The van der Waals surface area contributed by atoms with E-state index in [0.717, 1.165) is 3.57 Å². The number of carbonyl (C=O) groups excluding carboxylic acids is 1.